The Bertz CT molecular complexity index is 440. The molecule has 0 aliphatic rings. The van der Waals surface area contributed by atoms with Gasteiger partial charge in [0.05, 0.1) is 5.69 Å². The van der Waals surface area contributed by atoms with E-state index in [4.69, 9.17) is 0 Å². The first-order valence-corrected chi connectivity index (χ1v) is 5.35. The van der Waals surface area contributed by atoms with Crippen molar-refractivity contribution in [3.63, 3.8) is 0 Å². The molecule has 72 valence electrons. The third-order valence-electron chi connectivity index (χ3n) is 1.94. The van der Waals surface area contributed by atoms with Crippen molar-refractivity contribution in [3.05, 3.63) is 34.5 Å². The normalized spacial score (nSPS) is 10.5. The van der Waals surface area contributed by atoms with Crippen LogP contribution in [-0.4, -0.2) is 9.97 Å². The monoisotopic (exact) mass is 204 g/mol. The Kier molecular flexibility index (Phi) is 2.33. The van der Waals surface area contributed by atoms with Crippen LogP contribution in [0.2, 0.25) is 0 Å². The van der Waals surface area contributed by atoms with Crippen molar-refractivity contribution in [2.75, 3.05) is 0 Å². The average Bonchev–Trinajstić information content (AvgIpc) is 2.50. The van der Waals surface area contributed by atoms with Gasteiger partial charge in [-0.1, -0.05) is 0 Å². The lowest BCUT2D eigenvalue weighted by molar-refractivity contribution is 1.17. The van der Waals surface area contributed by atoms with Crippen molar-refractivity contribution < 1.29 is 0 Å². The molecule has 2 nitrogen and oxygen atoms in total. The van der Waals surface area contributed by atoms with Gasteiger partial charge in [-0.05, 0) is 38.5 Å². The highest BCUT2D eigenvalue weighted by atomic mass is 32.1. The van der Waals surface area contributed by atoms with E-state index in [1.165, 1.54) is 10.4 Å². The van der Waals surface area contributed by atoms with Crippen LogP contribution in [0.25, 0.3) is 10.7 Å². The Morgan fingerprint density at radius 2 is 1.93 bits per heavy atom. The predicted octanol–water partition coefficient (Wildman–Crippen LogP) is 3.13. The summed E-state index contributed by atoms with van der Waals surface area (Å²) in [7, 11) is 0. The van der Waals surface area contributed by atoms with Gasteiger partial charge in [0.2, 0.25) is 0 Å². The summed E-state index contributed by atoms with van der Waals surface area (Å²) in [5, 5.41) is 1.01. The molecule has 0 fully saturated rings. The third-order valence-corrected chi connectivity index (χ3v) is 2.87. The van der Waals surface area contributed by atoms with Crippen LogP contribution in [0.15, 0.2) is 18.3 Å². The molecule has 2 rings (SSSR count). The van der Waals surface area contributed by atoms with Crippen molar-refractivity contribution in [2.24, 2.45) is 0 Å². The van der Waals surface area contributed by atoms with Gasteiger partial charge < -0.3 is 0 Å². The number of aromatic nitrogens is 2. The number of aryl methyl sites for hydroxylation is 3. The van der Waals surface area contributed by atoms with E-state index in [-0.39, 0.29) is 0 Å². The fourth-order valence-electron chi connectivity index (χ4n) is 1.42. The molecule has 0 spiro atoms. The third kappa shape index (κ3) is 1.82. The highest BCUT2D eigenvalue weighted by Gasteiger charge is 2.04. The Labute approximate surface area is 87.7 Å². The van der Waals surface area contributed by atoms with E-state index in [1.807, 2.05) is 13.1 Å². The van der Waals surface area contributed by atoms with E-state index in [9.17, 15) is 0 Å². The first-order chi connectivity index (χ1) is 6.65. The number of pyridine rings is 1. The SMILES string of the molecule is Cc1cc(C)nc(-c2ncc(C)s2)c1. The fraction of sp³-hybridized carbons (Fsp3) is 0.273. The van der Waals surface area contributed by atoms with Gasteiger partial charge in [0.15, 0.2) is 0 Å². The summed E-state index contributed by atoms with van der Waals surface area (Å²) in [4.78, 5) is 10.0. The van der Waals surface area contributed by atoms with Crippen molar-refractivity contribution in [2.45, 2.75) is 20.8 Å². The molecular formula is C11H12N2S. The second-order valence-electron chi connectivity index (χ2n) is 3.45. The summed E-state index contributed by atoms with van der Waals surface area (Å²) in [5.74, 6) is 0. The molecule has 2 aromatic heterocycles. The van der Waals surface area contributed by atoms with Gasteiger partial charge in [0.1, 0.15) is 5.01 Å². The number of hydrogen-bond donors (Lipinski definition) is 0. The van der Waals surface area contributed by atoms with Crippen LogP contribution in [0.5, 0.6) is 0 Å². The quantitative estimate of drug-likeness (QED) is 0.713. The van der Waals surface area contributed by atoms with Gasteiger partial charge >= 0.3 is 0 Å². The van der Waals surface area contributed by atoms with Crippen LogP contribution in [0.1, 0.15) is 16.1 Å². The largest absolute Gasteiger partial charge is 0.251 e. The summed E-state index contributed by atoms with van der Waals surface area (Å²) >= 11 is 1.68. The molecule has 0 amide bonds. The van der Waals surface area contributed by atoms with Crippen LogP contribution in [-0.2, 0) is 0 Å². The zero-order valence-corrected chi connectivity index (χ0v) is 9.35. The van der Waals surface area contributed by atoms with E-state index in [0.29, 0.717) is 0 Å². The van der Waals surface area contributed by atoms with Crippen LogP contribution >= 0.6 is 11.3 Å². The van der Waals surface area contributed by atoms with Crippen molar-refractivity contribution >= 4 is 11.3 Å². The minimum absolute atomic E-state index is 0.987. The highest BCUT2D eigenvalue weighted by Crippen LogP contribution is 2.23. The highest BCUT2D eigenvalue weighted by molar-refractivity contribution is 7.14. The summed E-state index contributed by atoms with van der Waals surface area (Å²) in [5.41, 5.74) is 3.27. The summed E-state index contributed by atoms with van der Waals surface area (Å²) in [6.45, 7) is 6.15. The Morgan fingerprint density at radius 1 is 1.14 bits per heavy atom. The smallest absolute Gasteiger partial charge is 0.142 e. The lowest BCUT2D eigenvalue weighted by Crippen LogP contribution is -1.87. The maximum Gasteiger partial charge on any atom is 0.142 e. The molecule has 0 bridgehead atoms. The Hall–Kier alpha value is -1.22. The lowest BCUT2D eigenvalue weighted by Gasteiger charge is -1.99. The second-order valence-corrected chi connectivity index (χ2v) is 4.68. The molecule has 0 saturated heterocycles. The molecule has 0 N–H and O–H groups in total. The van der Waals surface area contributed by atoms with E-state index in [0.717, 1.165) is 16.4 Å². The first kappa shape index (κ1) is 9.34. The van der Waals surface area contributed by atoms with Gasteiger partial charge in [-0.2, -0.15) is 0 Å². The van der Waals surface area contributed by atoms with Gasteiger partial charge in [0.25, 0.3) is 0 Å². The molecule has 0 saturated carbocycles. The van der Waals surface area contributed by atoms with Gasteiger partial charge in [-0.3, -0.25) is 4.98 Å². The van der Waals surface area contributed by atoms with Crippen molar-refractivity contribution in [3.8, 4) is 10.7 Å². The topological polar surface area (TPSA) is 25.8 Å². The van der Waals surface area contributed by atoms with E-state index in [2.05, 4.69) is 35.9 Å². The summed E-state index contributed by atoms with van der Waals surface area (Å²) in [6.07, 6.45) is 1.89. The minimum Gasteiger partial charge on any atom is -0.251 e. The van der Waals surface area contributed by atoms with Crippen LogP contribution in [0.3, 0.4) is 0 Å². The lowest BCUT2D eigenvalue weighted by atomic mass is 10.2. The van der Waals surface area contributed by atoms with Crippen LogP contribution in [0.4, 0.5) is 0 Å². The van der Waals surface area contributed by atoms with Crippen molar-refractivity contribution in [1.82, 2.24) is 9.97 Å². The van der Waals surface area contributed by atoms with Crippen LogP contribution in [0, 0.1) is 20.8 Å². The molecular weight excluding hydrogens is 192 g/mol. The molecule has 0 unspecified atom stereocenters. The maximum absolute atomic E-state index is 4.47. The standard InChI is InChI=1S/C11H12N2S/c1-7-4-8(2)13-10(5-7)11-12-6-9(3)14-11/h4-6H,1-3H3. The molecule has 0 aliphatic carbocycles. The maximum atomic E-state index is 4.47. The number of hydrogen-bond acceptors (Lipinski definition) is 3. The zero-order chi connectivity index (χ0) is 10.1. The molecule has 0 atom stereocenters. The van der Waals surface area contributed by atoms with E-state index in [1.54, 1.807) is 11.3 Å². The number of rotatable bonds is 1. The zero-order valence-electron chi connectivity index (χ0n) is 8.53. The molecule has 0 aromatic carbocycles. The van der Waals surface area contributed by atoms with E-state index < -0.39 is 0 Å². The predicted molar refractivity (Wildman–Crippen MR) is 59.6 cm³/mol. The van der Waals surface area contributed by atoms with Crippen molar-refractivity contribution in [1.29, 1.82) is 0 Å². The number of nitrogens with zero attached hydrogens (tertiary/aromatic N) is 2. The molecule has 0 radical (unpaired) electrons. The molecule has 14 heavy (non-hydrogen) atoms. The Morgan fingerprint density at radius 3 is 2.50 bits per heavy atom. The average molecular weight is 204 g/mol. The van der Waals surface area contributed by atoms with Crippen LogP contribution < -0.4 is 0 Å². The second kappa shape index (κ2) is 3.50. The summed E-state index contributed by atoms with van der Waals surface area (Å²) in [6, 6.07) is 4.15. The van der Waals surface area contributed by atoms with Gasteiger partial charge in [-0.25, -0.2) is 4.98 Å². The molecule has 3 heteroatoms. The van der Waals surface area contributed by atoms with Gasteiger partial charge in [0, 0.05) is 16.8 Å². The number of thiazole rings is 1. The first-order valence-electron chi connectivity index (χ1n) is 4.53. The fourth-order valence-corrected chi connectivity index (χ4v) is 2.15. The molecule has 2 heterocycles. The molecule has 2 aromatic rings. The molecule has 0 aliphatic heterocycles. The summed E-state index contributed by atoms with van der Waals surface area (Å²) < 4.78 is 0. The minimum atomic E-state index is 0.987. The van der Waals surface area contributed by atoms with E-state index >= 15 is 0 Å². The van der Waals surface area contributed by atoms with Gasteiger partial charge in [-0.15, -0.1) is 11.3 Å². The Balaban J connectivity index is 2.51.